The SMILES string of the molecule is [NaH].[NaH].[NaH].[NaH].[NaH].[SnH2]. The monoisotopic (exact) mass is 242 g/mol. The van der Waals surface area contributed by atoms with E-state index in [0.717, 1.165) is 0 Å². The van der Waals surface area contributed by atoms with Crippen LogP contribution in [0.15, 0.2) is 0 Å². The van der Waals surface area contributed by atoms with E-state index in [0.29, 0.717) is 0 Å². The van der Waals surface area contributed by atoms with Crippen LogP contribution >= 0.6 is 0 Å². The Balaban J connectivity index is 0. The summed E-state index contributed by atoms with van der Waals surface area (Å²) >= 11 is 0. The summed E-state index contributed by atoms with van der Waals surface area (Å²) in [6, 6.07) is 0. The molecule has 2 radical (unpaired) electrons. The minimum absolute atomic E-state index is 0. The normalized spacial score (nSPS) is 0. The van der Waals surface area contributed by atoms with Gasteiger partial charge in [0.2, 0.25) is 0 Å². The number of hydrogen-bond acceptors (Lipinski definition) is 0. The molecule has 0 bridgehead atoms. The van der Waals surface area contributed by atoms with Gasteiger partial charge < -0.3 is 0 Å². The van der Waals surface area contributed by atoms with Gasteiger partial charge in [0.25, 0.3) is 0 Å². The first kappa shape index (κ1) is 40.9. The van der Waals surface area contributed by atoms with Crippen LogP contribution in [0, 0.1) is 0 Å². The van der Waals surface area contributed by atoms with Gasteiger partial charge in [0, 0.05) is 0 Å². The second-order valence-electron chi connectivity index (χ2n) is 0. The van der Waals surface area contributed by atoms with E-state index in [1.165, 1.54) is 0 Å². The summed E-state index contributed by atoms with van der Waals surface area (Å²) < 4.78 is 0. The molecule has 16 valence electrons. The first-order valence-electron chi connectivity index (χ1n) is 0. The Labute approximate surface area is 167 Å². The Bertz CT molecular complexity index is 3.90. The van der Waals surface area contributed by atoms with Crippen LogP contribution in [0.1, 0.15) is 0 Å². The van der Waals surface area contributed by atoms with Gasteiger partial charge in [-0.15, -0.1) is 0 Å². The molecular formula is H7Na5Sn. The van der Waals surface area contributed by atoms with E-state index in [1.807, 2.05) is 0 Å². The van der Waals surface area contributed by atoms with Crippen molar-refractivity contribution in [3.63, 3.8) is 0 Å². The van der Waals surface area contributed by atoms with Crippen LogP contribution in [-0.2, 0) is 0 Å². The van der Waals surface area contributed by atoms with Crippen molar-refractivity contribution in [3.05, 3.63) is 0 Å². The molecule has 0 aliphatic heterocycles. The van der Waals surface area contributed by atoms with Gasteiger partial charge in [-0.2, -0.15) is 0 Å². The quantitative estimate of drug-likeness (QED) is 0.377. The molecule has 0 saturated carbocycles. The zero-order valence-electron chi connectivity index (χ0n) is 0.707. The Kier molecular flexibility index (Phi) is 210. The summed E-state index contributed by atoms with van der Waals surface area (Å²) in [7, 11) is 0. The molecule has 0 saturated heterocycles. The summed E-state index contributed by atoms with van der Waals surface area (Å²) in [6.07, 6.45) is 0. The predicted octanol–water partition coefficient (Wildman–Crippen LogP) is -4.16. The van der Waals surface area contributed by atoms with Gasteiger partial charge in [0.1, 0.15) is 0 Å². The molecule has 0 aliphatic rings. The Morgan fingerprint density at radius 3 is 0.333 bits per heavy atom. The van der Waals surface area contributed by atoms with Crippen molar-refractivity contribution >= 4 is 172 Å². The average Bonchev–Trinajstić information content (AvgIpc) is 0. The molecule has 0 fully saturated rings. The van der Waals surface area contributed by atoms with E-state index in [1.54, 1.807) is 0 Å². The molecule has 0 nitrogen and oxygen atoms in total. The second kappa shape index (κ2) is 30.8. The minimum atomic E-state index is 0. The second-order valence-corrected chi connectivity index (χ2v) is 0. The fourth-order valence-corrected chi connectivity index (χ4v) is 0. The van der Waals surface area contributed by atoms with Crippen LogP contribution in [-0.4, -0.2) is 172 Å². The molecule has 0 aromatic heterocycles. The van der Waals surface area contributed by atoms with Gasteiger partial charge in [0.05, 0.1) is 0 Å². The van der Waals surface area contributed by atoms with Crippen molar-refractivity contribution in [2.75, 3.05) is 0 Å². The maximum atomic E-state index is 0. The molecular weight excluding hydrogens is 234 g/mol. The zero-order chi connectivity index (χ0) is 0. The molecule has 0 N–H and O–H groups in total. The fourth-order valence-electron chi connectivity index (χ4n) is 0. The van der Waals surface area contributed by atoms with Crippen LogP contribution in [0.4, 0.5) is 0 Å². The van der Waals surface area contributed by atoms with Crippen molar-refractivity contribution in [2.24, 2.45) is 0 Å². The van der Waals surface area contributed by atoms with E-state index in [2.05, 4.69) is 0 Å². The molecule has 0 rings (SSSR count). The Morgan fingerprint density at radius 1 is 0.333 bits per heavy atom. The molecule has 0 aromatic rings. The van der Waals surface area contributed by atoms with Crippen LogP contribution in [0.2, 0.25) is 0 Å². The van der Waals surface area contributed by atoms with Crippen molar-refractivity contribution in [1.29, 1.82) is 0 Å². The third-order valence-corrected chi connectivity index (χ3v) is 0. The molecule has 0 spiro atoms. The van der Waals surface area contributed by atoms with Gasteiger partial charge in [-0.1, -0.05) is 0 Å². The summed E-state index contributed by atoms with van der Waals surface area (Å²) in [5, 5.41) is 0. The first-order valence-corrected chi connectivity index (χ1v) is 0. The van der Waals surface area contributed by atoms with Gasteiger partial charge >= 0.3 is 172 Å². The molecule has 0 amide bonds. The molecule has 6 heteroatoms. The predicted molar refractivity (Wildman–Crippen MR) is 44.3 cm³/mol. The van der Waals surface area contributed by atoms with E-state index >= 15 is 0 Å². The zero-order valence-corrected chi connectivity index (χ0v) is 4.74. The number of rotatable bonds is 0. The van der Waals surface area contributed by atoms with E-state index in [-0.39, 0.29) is 172 Å². The topological polar surface area (TPSA) is 0 Å². The first-order chi connectivity index (χ1) is 0. The Morgan fingerprint density at radius 2 is 0.333 bits per heavy atom. The third-order valence-electron chi connectivity index (χ3n) is 0. The van der Waals surface area contributed by atoms with Crippen molar-refractivity contribution < 1.29 is 0 Å². The molecule has 0 heterocycles. The van der Waals surface area contributed by atoms with Crippen molar-refractivity contribution in [1.82, 2.24) is 0 Å². The van der Waals surface area contributed by atoms with Gasteiger partial charge in [-0.25, -0.2) is 0 Å². The Hall–Kier alpha value is 5.80. The van der Waals surface area contributed by atoms with Gasteiger partial charge in [-0.05, 0) is 0 Å². The molecule has 0 aromatic carbocycles. The summed E-state index contributed by atoms with van der Waals surface area (Å²) in [5.41, 5.74) is 0. The average molecular weight is 241 g/mol. The third kappa shape index (κ3) is 22.6. The summed E-state index contributed by atoms with van der Waals surface area (Å²) in [6.45, 7) is 0. The van der Waals surface area contributed by atoms with Crippen LogP contribution < -0.4 is 0 Å². The fraction of sp³-hybridized carbons (Fsp3) is 0. The van der Waals surface area contributed by atoms with Gasteiger partial charge in [0.15, 0.2) is 0 Å². The molecule has 6 heavy (non-hydrogen) atoms. The van der Waals surface area contributed by atoms with Crippen molar-refractivity contribution in [2.45, 2.75) is 0 Å². The number of hydrogen-bond donors (Lipinski definition) is 0. The molecule has 0 unspecified atom stereocenters. The summed E-state index contributed by atoms with van der Waals surface area (Å²) in [4.78, 5) is 0. The van der Waals surface area contributed by atoms with Crippen LogP contribution in [0.25, 0.3) is 0 Å². The molecule has 0 atom stereocenters. The maximum absolute atomic E-state index is 0. The standard InChI is InChI=1S/5Na.Sn.7H. The van der Waals surface area contributed by atoms with E-state index in [9.17, 15) is 0 Å². The van der Waals surface area contributed by atoms with E-state index < -0.39 is 0 Å². The van der Waals surface area contributed by atoms with Crippen molar-refractivity contribution in [3.8, 4) is 0 Å². The van der Waals surface area contributed by atoms with Crippen LogP contribution in [0.5, 0.6) is 0 Å². The summed E-state index contributed by atoms with van der Waals surface area (Å²) in [5.74, 6) is 0. The molecule has 0 aliphatic carbocycles. The van der Waals surface area contributed by atoms with E-state index in [4.69, 9.17) is 0 Å². The van der Waals surface area contributed by atoms with Gasteiger partial charge in [-0.3, -0.25) is 0 Å². The van der Waals surface area contributed by atoms with Crippen LogP contribution in [0.3, 0.4) is 0 Å².